The molecule has 0 aliphatic rings. The lowest BCUT2D eigenvalue weighted by atomic mass is 9.98. The normalized spacial score (nSPS) is 11.4. The van der Waals surface area contributed by atoms with Crippen LogP contribution in [0.5, 0.6) is 0 Å². The van der Waals surface area contributed by atoms with Crippen molar-refractivity contribution in [2.45, 2.75) is 6.92 Å². The van der Waals surface area contributed by atoms with Crippen LogP contribution in [0.4, 0.5) is 5.69 Å². The predicted molar refractivity (Wildman–Crippen MR) is 204 cm³/mol. The van der Waals surface area contributed by atoms with Crippen molar-refractivity contribution < 1.29 is 0 Å². The van der Waals surface area contributed by atoms with Gasteiger partial charge in [0.15, 0.2) is 17.5 Å². The van der Waals surface area contributed by atoms with Crippen LogP contribution in [0, 0.1) is 0 Å². The number of aliphatic imine (C=N–C) groups is 1. The highest BCUT2D eigenvalue weighted by Gasteiger charge is 2.16. The molecule has 0 radical (unpaired) electrons. The molecule has 0 aliphatic carbocycles. The highest BCUT2D eigenvalue weighted by molar-refractivity contribution is 5.96. The maximum Gasteiger partial charge on any atom is 0.164 e. The van der Waals surface area contributed by atoms with Crippen LogP contribution in [0.2, 0.25) is 0 Å². The number of hydrogen-bond donors (Lipinski definition) is 0. The fourth-order valence-electron chi connectivity index (χ4n) is 6.39. The molecule has 0 N–H and O–H groups in total. The second-order valence-corrected chi connectivity index (χ2v) is 11.8. The number of allylic oxidation sites excluding steroid dienone is 1. The van der Waals surface area contributed by atoms with Gasteiger partial charge < -0.3 is 0 Å². The van der Waals surface area contributed by atoms with Gasteiger partial charge in [-0.3, -0.25) is 9.98 Å². The molecule has 0 amide bonds. The number of nitrogens with zero attached hydrogens (tertiary/aromatic N) is 5. The van der Waals surface area contributed by atoms with Gasteiger partial charge in [0.25, 0.3) is 0 Å². The summed E-state index contributed by atoms with van der Waals surface area (Å²) in [5.74, 6) is 1.84. The molecule has 0 unspecified atom stereocenters. The number of rotatable bonds is 7. The third-order valence-corrected chi connectivity index (χ3v) is 8.78. The van der Waals surface area contributed by atoms with Crippen LogP contribution in [0.3, 0.4) is 0 Å². The molecule has 6 aromatic carbocycles. The van der Waals surface area contributed by atoms with Crippen molar-refractivity contribution >= 4 is 40.2 Å². The number of fused-ring (bicyclic) bond motifs is 2. The largest absolute Gasteiger partial charge is 0.263 e. The van der Waals surface area contributed by atoms with Gasteiger partial charge in [-0.15, -0.1) is 0 Å². The Hall–Kier alpha value is -6.59. The molecule has 5 nitrogen and oxygen atoms in total. The second kappa shape index (κ2) is 12.9. The number of aromatic nitrogens is 4. The van der Waals surface area contributed by atoms with E-state index >= 15 is 0 Å². The van der Waals surface area contributed by atoms with Crippen LogP contribution in [-0.4, -0.2) is 26.7 Å². The Bertz CT molecular complexity index is 2500. The highest BCUT2D eigenvalue weighted by Crippen LogP contribution is 2.36. The lowest BCUT2D eigenvalue weighted by Gasteiger charge is -2.12. The van der Waals surface area contributed by atoms with Gasteiger partial charge in [-0.1, -0.05) is 146 Å². The Balaban J connectivity index is 1.24. The Labute approximate surface area is 285 Å². The molecule has 49 heavy (non-hydrogen) atoms. The molecule has 232 valence electrons. The summed E-state index contributed by atoms with van der Waals surface area (Å²) in [6.07, 6.45) is 5.90. The molecule has 0 spiro atoms. The van der Waals surface area contributed by atoms with Crippen LogP contribution in [0.15, 0.2) is 157 Å². The zero-order valence-corrected chi connectivity index (χ0v) is 27.0. The summed E-state index contributed by atoms with van der Waals surface area (Å²) in [6.45, 7) is 5.85. The molecule has 5 heteroatoms. The fraction of sp³-hybridized carbons (Fsp3) is 0.0227. The summed E-state index contributed by atoms with van der Waals surface area (Å²) >= 11 is 0. The van der Waals surface area contributed by atoms with E-state index in [-0.39, 0.29) is 0 Å². The van der Waals surface area contributed by atoms with Gasteiger partial charge in [-0.2, -0.15) is 0 Å². The number of benzene rings is 6. The minimum atomic E-state index is 0.603. The van der Waals surface area contributed by atoms with E-state index in [2.05, 4.69) is 138 Å². The molecule has 2 aromatic heterocycles. The Morgan fingerprint density at radius 2 is 1.06 bits per heavy atom. The first kappa shape index (κ1) is 29.8. The first-order valence-corrected chi connectivity index (χ1v) is 16.2. The highest BCUT2D eigenvalue weighted by atomic mass is 15.0. The van der Waals surface area contributed by atoms with Gasteiger partial charge in [0.05, 0.1) is 11.2 Å². The van der Waals surface area contributed by atoms with Crippen LogP contribution in [-0.2, 0) is 0 Å². The standard InChI is InChI=1S/C44H31N5/c1-3-10-32-13-7-17-37(40(32)45-2)30-20-24-34(25-21-30)42-47-43(49-44(48-42)39-19-6-12-29-11-4-5-16-36(29)39)35-26-22-31(23-27-35)38-18-8-14-33-15-9-28-46-41(33)38/h3-28H,2H2,1H3/b10-3-. The van der Waals surface area contributed by atoms with Crippen LogP contribution in [0.1, 0.15) is 12.5 Å². The average molecular weight is 630 g/mol. The van der Waals surface area contributed by atoms with Crippen molar-refractivity contribution in [3.8, 4) is 56.4 Å². The number of hydrogen-bond acceptors (Lipinski definition) is 5. The molecule has 0 bridgehead atoms. The van der Waals surface area contributed by atoms with Gasteiger partial charge in [-0.05, 0) is 41.6 Å². The summed E-state index contributed by atoms with van der Waals surface area (Å²) < 4.78 is 0. The molecular weight excluding hydrogens is 599 g/mol. The Morgan fingerprint density at radius 3 is 1.78 bits per heavy atom. The maximum atomic E-state index is 5.06. The minimum Gasteiger partial charge on any atom is -0.263 e. The Kier molecular flexibility index (Phi) is 7.84. The first-order valence-electron chi connectivity index (χ1n) is 16.2. The number of pyridine rings is 1. The van der Waals surface area contributed by atoms with Crippen molar-refractivity contribution in [2.24, 2.45) is 4.99 Å². The molecule has 8 rings (SSSR count). The van der Waals surface area contributed by atoms with E-state index in [9.17, 15) is 0 Å². The van der Waals surface area contributed by atoms with Gasteiger partial charge >= 0.3 is 0 Å². The third-order valence-electron chi connectivity index (χ3n) is 8.78. The monoisotopic (exact) mass is 629 g/mol. The van der Waals surface area contributed by atoms with E-state index < -0.39 is 0 Å². The van der Waals surface area contributed by atoms with Crippen LogP contribution < -0.4 is 0 Å². The van der Waals surface area contributed by atoms with Gasteiger partial charge in [0.1, 0.15) is 0 Å². The van der Waals surface area contributed by atoms with E-state index in [0.29, 0.717) is 17.5 Å². The summed E-state index contributed by atoms with van der Waals surface area (Å²) in [5, 5.41) is 3.33. The Morgan fingerprint density at radius 1 is 0.510 bits per heavy atom. The smallest absolute Gasteiger partial charge is 0.164 e. The predicted octanol–water partition coefficient (Wildman–Crippen LogP) is 11.3. The SMILES string of the molecule is C=Nc1c(/C=C\C)cccc1-c1ccc(-c2nc(-c3ccc(-c4cccc5cccnc45)cc3)nc(-c3cccc4ccccc34)n2)cc1. The van der Waals surface area contributed by atoms with E-state index in [1.165, 1.54) is 0 Å². The summed E-state index contributed by atoms with van der Waals surface area (Å²) in [4.78, 5) is 24.2. The van der Waals surface area contributed by atoms with Crippen molar-refractivity contribution in [3.05, 3.63) is 157 Å². The van der Waals surface area contributed by atoms with E-state index in [1.54, 1.807) is 0 Å². The lowest BCUT2D eigenvalue weighted by Crippen LogP contribution is -2.00. The molecule has 0 aliphatic heterocycles. The minimum absolute atomic E-state index is 0.603. The van der Waals surface area contributed by atoms with E-state index in [4.69, 9.17) is 15.0 Å². The van der Waals surface area contributed by atoms with Gasteiger partial charge in [0, 0.05) is 45.0 Å². The summed E-state index contributed by atoms with van der Waals surface area (Å²) in [5.41, 5.74) is 9.85. The molecule has 0 saturated carbocycles. The van der Waals surface area contributed by atoms with Crippen molar-refractivity contribution in [2.75, 3.05) is 0 Å². The zero-order chi connectivity index (χ0) is 33.2. The molecule has 2 heterocycles. The average Bonchev–Trinajstić information content (AvgIpc) is 3.17. The van der Waals surface area contributed by atoms with Crippen molar-refractivity contribution in [3.63, 3.8) is 0 Å². The molecule has 0 atom stereocenters. The van der Waals surface area contributed by atoms with Crippen molar-refractivity contribution in [1.82, 2.24) is 19.9 Å². The first-order chi connectivity index (χ1) is 24.2. The fourth-order valence-corrected chi connectivity index (χ4v) is 6.39. The van der Waals surface area contributed by atoms with Crippen LogP contribution in [0.25, 0.3) is 84.2 Å². The summed E-state index contributed by atoms with van der Waals surface area (Å²) in [6, 6.07) is 47.7. The van der Waals surface area contributed by atoms with Crippen molar-refractivity contribution in [1.29, 1.82) is 0 Å². The molecule has 0 saturated heterocycles. The quantitative estimate of drug-likeness (QED) is 0.165. The molecule has 0 fully saturated rings. The maximum absolute atomic E-state index is 5.06. The topological polar surface area (TPSA) is 63.9 Å². The third kappa shape index (κ3) is 5.68. The van der Waals surface area contributed by atoms with E-state index in [1.807, 2.05) is 43.5 Å². The van der Waals surface area contributed by atoms with Crippen LogP contribution >= 0.6 is 0 Å². The molecule has 8 aromatic rings. The lowest BCUT2D eigenvalue weighted by molar-refractivity contribution is 1.08. The van der Waals surface area contributed by atoms with Gasteiger partial charge in [-0.25, -0.2) is 15.0 Å². The van der Waals surface area contributed by atoms with E-state index in [0.717, 1.165) is 71.9 Å². The van der Waals surface area contributed by atoms with Gasteiger partial charge in [0.2, 0.25) is 0 Å². The second-order valence-electron chi connectivity index (χ2n) is 11.8. The molecular formula is C44H31N5. The summed E-state index contributed by atoms with van der Waals surface area (Å²) in [7, 11) is 0. The number of para-hydroxylation sites is 2. The zero-order valence-electron chi connectivity index (χ0n) is 27.0.